The average molecular weight is 242 g/mol. The Labute approximate surface area is 107 Å². The molecule has 2 heteroatoms. The second-order valence-corrected chi connectivity index (χ2v) is 4.23. The first-order valence-corrected chi connectivity index (χ1v) is 6.61. The third-order valence-corrected chi connectivity index (χ3v) is 2.70. The molecule has 0 saturated heterocycles. The fraction of sp³-hybridized carbons (Fsp3) is 0.800. The fourth-order valence-corrected chi connectivity index (χ4v) is 1.73. The van der Waals surface area contributed by atoms with E-state index < -0.39 is 0 Å². The number of ether oxygens (including phenoxy) is 1. The molecule has 102 valence electrons. The highest BCUT2D eigenvalue weighted by Gasteiger charge is 1.99. The summed E-state index contributed by atoms with van der Waals surface area (Å²) < 4.78 is 4.64. The summed E-state index contributed by atoms with van der Waals surface area (Å²) in [5.74, 6) is -0.155. The summed E-state index contributed by atoms with van der Waals surface area (Å²) in [6.45, 7) is 5.59. The lowest BCUT2D eigenvalue weighted by atomic mass is 10.1. The molecular weight excluding hydrogens is 212 g/mol. The lowest BCUT2D eigenvalue weighted by Crippen LogP contribution is -1.98. The van der Waals surface area contributed by atoms with Crippen molar-refractivity contribution in [3.63, 3.8) is 0 Å². The number of hydrogen-bond donors (Lipinski definition) is 0. The Balaban J connectivity index is 0. The van der Waals surface area contributed by atoms with E-state index in [9.17, 15) is 4.79 Å². The molecule has 0 aliphatic rings. The molecule has 0 bridgehead atoms. The predicted molar refractivity (Wildman–Crippen MR) is 74.9 cm³/mol. The minimum Gasteiger partial charge on any atom is -0.435 e. The zero-order chi connectivity index (χ0) is 12.1. The molecule has 0 aliphatic heterocycles. The SMILES string of the molecule is C.C=COC(=O)CCCCCCCCCCC. The molecule has 0 unspecified atom stereocenters. The highest BCUT2D eigenvalue weighted by Crippen LogP contribution is 2.10. The maximum Gasteiger partial charge on any atom is 0.310 e. The summed E-state index contributed by atoms with van der Waals surface area (Å²) in [6, 6.07) is 0. The number of unbranched alkanes of at least 4 members (excludes halogenated alkanes) is 8. The molecule has 0 aromatic rings. The topological polar surface area (TPSA) is 26.3 Å². The third-order valence-electron chi connectivity index (χ3n) is 2.70. The number of carbonyl (C=O) groups is 1. The van der Waals surface area contributed by atoms with Gasteiger partial charge in [0, 0.05) is 6.42 Å². The smallest absolute Gasteiger partial charge is 0.310 e. The summed E-state index contributed by atoms with van der Waals surface area (Å²) in [4.78, 5) is 11.0. The van der Waals surface area contributed by atoms with Crippen LogP contribution in [0.15, 0.2) is 12.8 Å². The molecule has 0 rings (SSSR count). The quantitative estimate of drug-likeness (QED) is 0.282. The van der Waals surface area contributed by atoms with Crippen LogP contribution in [0.5, 0.6) is 0 Å². The van der Waals surface area contributed by atoms with Gasteiger partial charge in [0.2, 0.25) is 0 Å². The van der Waals surface area contributed by atoms with Gasteiger partial charge in [-0.25, -0.2) is 0 Å². The van der Waals surface area contributed by atoms with Gasteiger partial charge < -0.3 is 4.74 Å². The Morgan fingerprint density at radius 2 is 1.47 bits per heavy atom. The van der Waals surface area contributed by atoms with E-state index in [2.05, 4.69) is 18.2 Å². The van der Waals surface area contributed by atoms with Crippen LogP contribution in [0.4, 0.5) is 0 Å². The molecule has 0 heterocycles. The minimum atomic E-state index is -0.155. The first-order chi connectivity index (χ1) is 7.81. The zero-order valence-electron chi connectivity index (χ0n) is 10.7. The van der Waals surface area contributed by atoms with E-state index in [0.29, 0.717) is 6.42 Å². The fourth-order valence-electron chi connectivity index (χ4n) is 1.73. The number of rotatable bonds is 11. The van der Waals surface area contributed by atoms with Crippen molar-refractivity contribution in [1.82, 2.24) is 0 Å². The van der Waals surface area contributed by atoms with Crippen LogP contribution in [-0.2, 0) is 9.53 Å². The standard InChI is InChI=1S/C14H26O2.CH4/c1-3-5-6-7-8-9-10-11-12-13-14(15)16-4-2;/h4H,2-3,5-13H2,1H3;1H4. The van der Waals surface area contributed by atoms with Gasteiger partial charge in [0.15, 0.2) is 0 Å². The van der Waals surface area contributed by atoms with E-state index in [1.165, 1.54) is 51.2 Å². The van der Waals surface area contributed by atoms with Crippen molar-refractivity contribution < 1.29 is 9.53 Å². The molecule has 0 atom stereocenters. The van der Waals surface area contributed by atoms with Crippen molar-refractivity contribution >= 4 is 5.97 Å². The van der Waals surface area contributed by atoms with Gasteiger partial charge in [0.05, 0.1) is 6.26 Å². The highest BCUT2D eigenvalue weighted by atomic mass is 16.5. The molecule has 2 nitrogen and oxygen atoms in total. The van der Waals surface area contributed by atoms with Crippen LogP contribution in [-0.4, -0.2) is 5.97 Å². The molecule has 0 fully saturated rings. The lowest BCUT2D eigenvalue weighted by molar-refractivity contribution is -0.138. The molecular formula is C15H30O2. The third kappa shape index (κ3) is 15.2. The Kier molecular flexibility index (Phi) is 16.6. The van der Waals surface area contributed by atoms with Crippen molar-refractivity contribution in [3.8, 4) is 0 Å². The zero-order valence-corrected chi connectivity index (χ0v) is 10.7. The normalized spacial score (nSPS) is 9.47. The Bertz CT molecular complexity index is 176. The summed E-state index contributed by atoms with van der Waals surface area (Å²) in [7, 11) is 0. The van der Waals surface area contributed by atoms with Crippen molar-refractivity contribution in [2.24, 2.45) is 0 Å². The monoisotopic (exact) mass is 242 g/mol. The number of carbonyl (C=O) groups excluding carboxylic acids is 1. The van der Waals surface area contributed by atoms with Gasteiger partial charge in [-0.05, 0) is 6.42 Å². The molecule has 0 radical (unpaired) electrons. The molecule has 0 N–H and O–H groups in total. The molecule has 0 aromatic heterocycles. The second-order valence-electron chi connectivity index (χ2n) is 4.23. The minimum absolute atomic E-state index is 0. The Morgan fingerprint density at radius 3 is 1.94 bits per heavy atom. The van der Waals surface area contributed by atoms with Crippen LogP contribution < -0.4 is 0 Å². The maximum atomic E-state index is 11.0. The van der Waals surface area contributed by atoms with E-state index in [-0.39, 0.29) is 13.4 Å². The van der Waals surface area contributed by atoms with E-state index in [1.807, 2.05) is 0 Å². The van der Waals surface area contributed by atoms with Crippen LogP contribution in [0.3, 0.4) is 0 Å². The van der Waals surface area contributed by atoms with Crippen molar-refractivity contribution in [3.05, 3.63) is 12.8 Å². The molecule has 0 aliphatic carbocycles. The Morgan fingerprint density at radius 1 is 1.00 bits per heavy atom. The van der Waals surface area contributed by atoms with Gasteiger partial charge in [-0.1, -0.05) is 72.3 Å². The summed E-state index contributed by atoms with van der Waals surface area (Å²) in [5.41, 5.74) is 0. The molecule has 0 spiro atoms. The van der Waals surface area contributed by atoms with Crippen molar-refractivity contribution in [1.29, 1.82) is 0 Å². The first-order valence-electron chi connectivity index (χ1n) is 6.61. The second kappa shape index (κ2) is 15.2. The number of esters is 1. The van der Waals surface area contributed by atoms with Gasteiger partial charge in [-0.3, -0.25) is 4.79 Å². The van der Waals surface area contributed by atoms with Gasteiger partial charge in [-0.15, -0.1) is 0 Å². The lowest BCUT2D eigenvalue weighted by Gasteiger charge is -2.01. The van der Waals surface area contributed by atoms with Gasteiger partial charge in [0.1, 0.15) is 0 Å². The molecule has 0 aromatic carbocycles. The largest absolute Gasteiger partial charge is 0.435 e. The molecule has 0 amide bonds. The first kappa shape index (κ1) is 18.6. The number of hydrogen-bond acceptors (Lipinski definition) is 2. The van der Waals surface area contributed by atoms with Gasteiger partial charge in [0.25, 0.3) is 0 Å². The van der Waals surface area contributed by atoms with Crippen LogP contribution >= 0.6 is 0 Å². The van der Waals surface area contributed by atoms with E-state index in [4.69, 9.17) is 0 Å². The average Bonchev–Trinajstić information content (AvgIpc) is 2.27. The molecule has 0 saturated carbocycles. The van der Waals surface area contributed by atoms with Crippen molar-refractivity contribution in [2.45, 2.75) is 78.6 Å². The van der Waals surface area contributed by atoms with Crippen molar-refractivity contribution in [2.75, 3.05) is 0 Å². The summed E-state index contributed by atoms with van der Waals surface area (Å²) in [5, 5.41) is 0. The van der Waals surface area contributed by atoms with Crippen LogP contribution in [0, 0.1) is 0 Å². The van der Waals surface area contributed by atoms with Crippen LogP contribution in [0.25, 0.3) is 0 Å². The Hall–Kier alpha value is -0.790. The van der Waals surface area contributed by atoms with E-state index in [1.54, 1.807) is 0 Å². The van der Waals surface area contributed by atoms with Crippen LogP contribution in [0.2, 0.25) is 0 Å². The summed E-state index contributed by atoms with van der Waals surface area (Å²) in [6.07, 6.45) is 13.1. The van der Waals surface area contributed by atoms with Crippen LogP contribution in [0.1, 0.15) is 78.6 Å². The predicted octanol–water partition coefficient (Wildman–Crippen LogP) is 5.23. The summed E-state index contributed by atoms with van der Waals surface area (Å²) >= 11 is 0. The van der Waals surface area contributed by atoms with E-state index >= 15 is 0 Å². The highest BCUT2D eigenvalue weighted by molar-refractivity contribution is 5.69. The van der Waals surface area contributed by atoms with Gasteiger partial charge >= 0.3 is 5.97 Å². The maximum absolute atomic E-state index is 11.0. The van der Waals surface area contributed by atoms with E-state index in [0.717, 1.165) is 12.8 Å². The van der Waals surface area contributed by atoms with Gasteiger partial charge in [-0.2, -0.15) is 0 Å². The molecule has 17 heavy (non-hydrogen) atoms.